The zero-order chi connectivity index (χ0) is 13.8. The summed E-state index contributed by atoms with van der Waals surface area (Å²) in [6.07, 6.45) is 0. The molecule has 0 amide bonds. The number of hydrogen-bond acceptors (Lipinski definition) is 3. The molecule has 0 fully saturated rings. The molecule has 2 aromatic carbocycles. The van der Waals surface area contributed by atoms with Crippen molar-refractivity contribution in [2.75, 3.05) is 0 Å². The van der Waals surface area contributed by atoms with Crippen molar-refractivity contribution in [1.29, 1.82) is 0 Å². The van der Waals surface area contributed by atoms with Gasteiger partial charge in [0.2, 0.25) is 0 Å². The molecule has 0 aliphatic carbocycles. The number of halogens is 1. The van der Waals surface area contributed by atoms with Crippen LogP contribution in [0.4, 0.5) is 4.39 Å². The molecular weight excluding hydrogens is 247 g/mol. The second-order valence-corrected chi connectivity index (χ2v) is 3.93. The first-order valence-electron chi connectivity index (χ1n) is 5.65. The number of ether oxygens (including phenoxy) is 1. The van der Waals surface area contributed by atoms with Gasteiger partial charge in [0.25, 0.3) is 0 Å². The maximum atomic E-state index is 12.8. The van der Waals surface area contributed by atoms with E-state index in [0.29, 0.717) is 5.56 Å². The first-order chi connectivity index (χ1) is 9.08. The Morgan fingerprint density at radius 2 is 1.63 bits per heavy atom. The van der Waals surface area contributed by atoms with Crippen molar-refractivity contribution in [2.24, 2.45) is 0 Å². The van der Waals surface area contributed by atoms with Crippen LogP contribution in [0.1, 0.15) is 22.8 Å². The molecule has 0 N–H and O–H groups in total. The number of hydrogen-bond donors (Lipinski definition) is 0. The van der Waals surface area contributed by atoms with Gasteiger partial charge in [-0.25, -0.2) is 4.39 Å². The van der Waals surface area contributed by atoms with Gasteiger partial charge in [-0.05, 0) is 36.4 Å². The molecule has 3 nitrogen and oxygen atoms in total. The predicted molar refractivity (Wildman–Crippen MR) is 67.6 cm³/mol. The Balaban J connectivity index is 2.38. The maximum absolute atomic E-state index is 12.8. The summed E-state index contributed by atoms with van der Waals surface area (Å²) in [4.78, 5) is 23.2. The second-order valence-electron chi connectivity index (χ2n) is 3.93. The molecule has 96 valence electrons. The highest BCUT2D eigenvalue weighted by Crippen LogP contribution is 2.21. The van der Waals surface area contributed by atoms with Crippen LogP contribution in [0, 0.1) is 5.82 Å². The van der Waals surface area contributed by atoms with Gasteiger partial charge in [-0.15, -0.1) is 0 Å². The van der Waals surface area contributed by atoms with Crippen LogP contribution in [0.5, 0.6) is 5.75 Å². The Hall–Kier alpha value is -2.49. The summed E-state index contributed by atoms with van der Waals surface area (Å²) >= 11 is 0. The fraction of sp³-hybridized carbons (Fsp3) is 0.0667. The van der Waals surface area contributed by atoms with E-state index < -0.39 is 11.8 Å². The van der Waals surface area contributed by atoms with Crippen LogP contribution in [0.3, 0.4) is 0 Å². The topological polar surface area (TPSA) is 43.4 Å². The molecule has 0 unspecified atom stereocenters. The minimum absolute atomic E-state index is 0.198. The van der Waals surface area contributed by atoms with E-state index in [-0.39, 0.29) is 17.1 Å². The van der Waals surface area contributed by atoms with Crippen molar-refractivity contribution < 1.29 is 18.7 Å². The highest BCUT2D eigenvalue weighted by molar-refractivity contribution is 6.10. The smallest absolute Gasteiger partial charge is 0.308 e. The van der Waals surface area contributed by atoms with Gasteiger partial charge in [-0.2, -0.15) is 0 Å². The molecule has 19 heavy (non-hydrogen) atoms. The van der Waals surface area contributed by atoms with Crippen LogP contribution in [-0.2, 0) is 4.79 Å². The lowest BCUT2D eigenvalue weighted by molar-refractivity contribution is -0.131. The summed E-state index contributed by atoms with van der Waals surface area (Å²) in [6.45, 7) is 1.26. The molecular formula is C15H11FO3. The molecule has 2 rings (SSSR count). The Bertz CT molecular complexity index is 618. The molecule has 0 heterocycles. The Morgan fingerprint density at radius 3 is 2.26 bits per heavy atom. The number of ketones is 1. The van der Waals surface area contributed by atoms with Crippen LogP contribution >= 0.6 is 0 Å². The number of carbonyl (C=O) groups excluding carboxylic acids is 2. The number of para-hydroxylation sites is 1. The van der Waals surface area contributed by atoms with E-state index in [2.05, 4.69) is 0 Å². The summed E-state index contributed by atoms with van der Waals surface area (Å²) in [5.74, 6) is -1.04. The minimum Gasteiger partial charge on any atom is -0.426 e. The standard InChI is InChI=1S/C15H11FO3/c1-10(17)19-14-5-3-2-4-13(14)15(18)11-6-8-12(16)9-7-11/h2-9H,1H3. The Morgan fingerprint density at radius 1 is 1.00 bits per heavy atom. The number of rotatable bonds is 3. The normalized spacial score (nSPS) is 10.0. The lowest BCUT2D eigenvalue weighted by Crippen LogP contribution is -2.08. The fourth-order valence-electron chi connectivity index (χ4n) is 1.65. The zero-order valence-electron chi connectivity index (χ0n) is 10.2. The Kier molecular flexibility index (Phi) is 3.71. The quantitative estimate of drug-likeness (QED) is 0.483. The number of carbonyl (C=O) groups is 2. The van der Waals surface area contributed by atoms with Crippen LogP contribution in [0.15, 0.2) is 48.5 Å². The van der Waals surface area contributed by atoms with Crippen molar-refractivity contribution in [3.63, 3.8) is 0 Å². The highest BCUT2D eigenvalue weighted by Gasteiger charge is 2.15. The molecule has 0 bridgehead atoms. The minimum atomic E-state index is -0.501. The van der Waals surface area contributed by atoms with Gasteiger partial charge in [0.05, 0.1) is 5.56 Å². The lowest BCUT2D eigenvalue weighted by atomic mass is 10.0. The Labute approximate surface area is 109 Å². The molecule has 4 heteroatoms. The number of benzene rings is 2. The van der Waals surface area contributed by atoms with Crippen LogP contribution < -0.4 is 4.74 Å². The average molecular weight is 258 g/mol. The predicted octanol–water partition coefficient (Wildman–Crippen LogP) is 2.98. The van der Waals surface area contributed by atoms with Gasteiger partial charge >= 0.3 is 5.97 Å². The van der Waals surface area contributed by atoms with Crippen molar-refractivity contribution in [3.8, 4) is 5.75 Å². The summed E-state index contributed by atoms with van der Waals surface area (Å²) in [6, 6.07) is 11.6. The first kappa shape index (κ1) is 13.0. The lowest BCUT2D eigenvalue weighted by Gasteiger charge is -2.07. The van der Waals surface area contributed by atoms with Gasteiger partial charge in [0.15, 0.2) is 5.78 Å². The van der Waals surface area contributed by atoms with E-state index in [9.17, 15) is 14.0 Å². The van der Waals surface area contributed by atoms with E-state index in [4.69, 9.17) is 4.74 Å². The fourth-order valence-corrected chi connectivity index (χ4v) is 1.65. The largest absolute Gasteiger partial charge is 0.426 e. The molecule has 2 aromatic rings. The van der Waals surface area contributed by atoms with Crippen molar-refractivity contribution in [3.05, 3.63) is 65.5 Å². The molecule has 0 spiro atoms. The number of esters is 1. The van der Waals surface area contributed by atoms with E-state index in [1.165, 1.54) is 37.3 Å². The summed E-state index contributed by atoms with van der Waals surface area (Å²) in [5.41, 5.74) is 0.602. The molecule has 0 aliphatic heterocycles. The van der Waals surface area contributed by atoms with Crippen molar-refractivity contribution in [1.82, 2.24) is 0 Å². The molecule has 0 atom stereocenters. The van der Waals surface area contributed by atoms with Crippen molar-refractivity contribution >= 4 is 11.8 Å². The van der Waals surface area contributed by atoms with Crippen LogP contribution in [-0.4, -0.2) is 11.8 Å². The SMILES string of the molecule is CC(=O)Oc1ccccc1C(=O)c1ccc(F)cc1. The monoisotopic (exact) mass is 258 g/mol. The maximum Gasteiger partial charge on any atom is 0.308 e. The third kappa shape index (κ3) is 3.04. The van der Waals surface area contributed by atoms with Crippen molar-refractivity contribution in [2.45, 2.75) is 6.92 Å². The van der Waals surface area contributed by atoms with Gasteiger partial charge in [-0.1, -0.05) is 12.1 Å². The summed E-state index contributed by atoms with van der Waals surface area (Å²) < 4.78 is 17.8. The van der Waals surface area contributed by atoms with Gasteiger partial charge in [-0.3, -0.25) is 9.59 Å². The molecule has 0 aliphatic rings. The van der Waals surface area contributed by atoms with E-state index in [0.717, 1.165) is 0 Å². The first-order valence-corrected chi connectivity index (χ1v) is 5.65. The third-order valence-corrected chi connectivity index (χ3v) is 2.49. The van der Waals surface area contributed by atoms with Gasteiger partial charge in [0.1, 0.15) is 11.6 Å². The average Bonchev–Trinajstić information content (AvgIpc) is 2.39. The zero-order valence-corrected chi connectivity index (χ0v) is 10.2. The van der Waals surface area contributed by atoms with Gasteiger partial charge < -0.3 is 4.74 Å². The summed E-state index contributed by atoms with van der Waals surface area (Å²) in [7, 11) is 0. The molecule has 0 saturated heterocycles. The third-order valence-electron chi connectivity index (χ3n) is 2.49. The van der Waals surface area contributed by atoms with Gasteiger partial charge in [0, 0.05) is 12.5 Å². The highest BCUT2D eigenvalue weighted by atomic mass is 19.1. The van der Waals surface area contributed by atoms with Crippen LogP contribution in [0.2, 0.25) is 0 Å². The second kappa shape index (κ2) is 5.44. The van der Waals surface area contributed by atoms with E-state index in [1.807, 2.05) is 0 Å². The van der Waals surface area contributed by atoms with Crippen LogP contribution in [0.25, 0.3) is 0 Å². The molecule has 0 aromatic heterocycles. The summed E-state index contributed by atoms with van der Waals surface area (Å²) in [5, 5.41) is 0. The van der Waals surface area contributed by atoms with E-state index in [1.54, 1.807) is 18.2 Å². The molecule has 0 saturated carbocycles. The molecule has 0 radical (unpaired) electrons. The van der Waals surface area contributed by atoms with E-state index >= 15 is 0 Å².